The summed E-state index contributed by atoms with van der Waals surface area (Å²) in [5.74, 6) is 1.35. The zero-order chi connectivity index (χ0) is 22.3. The van der Waals surface area contributed by atoms with E-state index in [0.29, 0.717) is 55.1 Å². The molecule has 0 radical (unpaired) electrons. The number of halogens is 1. The number of morpholine rings is 1. The number of carbonyl (C=O) groups is 1. The number of aryl methyl sites for hydroxylation is 1. The molecule has 0 unspecified atom stereocenters. The van der Waals surface area contributed by atoms with Crippen LogP contribution in [0.15, 0.2) is 47.4 Å². The molecule has 0 bridgehead atoms. The monoisotopic (exact) mass is 484 g/mol. The van der Waals surface area contributed by atoms with Gasteiger partial charge in [0.2, 0.25) is 15.9 Å². The lowest BCUT2D eigenvalue weighted by Gasteiger charge is -2.26. The molecular formula is C21H25ClN2O5S2. The number of ether oxygens (including phenoxy) is 2. The minimum atomic E-state index is -3.62. The predicted octanol–water partition coefficient (Wildman–Crippen LogP) is 3.42. The van der Waals surface area contributed by atoms with E-state index in [9.17, 15) is 13.2 Å². The SMILES string of the molecule is Cc1ccc(S(=O)(=O)N2CCOCC2)cc1NC(=O)CSCCOc1cccc(Cl)c1. The van der Waals surface area contributed by atoms with Crippen LogP contribution in [0, 0.1) is 6.92 Å². The third-order valence-electron chi connectivity index (χ3n) is 4.62. The molecule has 1 amide bonds. The van der Waals surface area contributed by atoms with Crippen LogP contribution in [0.5, 0.6) is 5.75 Å². The maximum Gasteiger partial charge on any atom is 0.243 e. The van der Waals surface area contributed by atoms with E-state index in [1.807, 2.05) is 19.1 Å². The quantitative estimate of drug-likeness (QED) is 0.549. The molecule has 0 spiro atoms. The van der Waals surface area contributed by atoms with Gasteiger partial charge in [0.15, 0.2) is 0 Å². The summed E-state index contributed by atoms with van der Waals surface area (Å²) >= 11 is 7.35. The molecular weight excluding hydrogens is 460 g/mol. The van der Waals surface area contributed by atoms with Crippen LogP contribution in [0.25, 0.3) is 0 Å². The normalized spacial score (nSPS) is 14.9. The standard InChI is InChI=1S/C21H25ClN2O5S2/c1-16-5-6-19(31(26,27)24-7-9-28-10-8-24)14-20(16)23-21(25)15-30-12-11-29-18-4-2-3-17(22)13-18/h2-6,13-14H,7-12,15H2,1H3,(H,23,25). The summed E-state index contributed by atoms with van der Waals surface area (Å²) < 4.78 is 37.9. The van der Waals surface area contributed by atoms with Gasteiger partial charge in [-0.15, -0.1) is 11.8 Å². The van der Waals surface area contributed by atoms with Gasteiger partial charge in [-0.2, -0.15) is 4.31 Å². The number of benzene rings is 2. The fraction of sp³-hybridized carbons (Fsp3) is 0.381. The van der Waals surface area contributed by atoms with Crippen LogP contribution in [-0.4, -0.2) is 63.0 Å². The van der Waals surface area contributed by atoms with E-state index in [2.05, 4.69) is 5.32 Å². The van der Waals surface area contributed by atoms with Gasteiger partial charge < -0.3 is 14.8 Å². The van der Waals surface area contributed by atoms with Crippen LogP contribution >= 0.6 is 23.4 Å². The van der Waals surface area contributed by atoms with Crippen LogP contribution in [-0.2, 0) is 19.6 Å². The first kappa shape index (κ1) is 23.9. The summed E-state index contributed by atoms with van der Waals surface area (Å²) in [7, 11) is -3.62. The van der Waals surface area contributed by atoms with Crippen LogP contribution in [0.2, 0.25) is 5.02 Å². The molecule has 3 rings (SSSR count). The highest BCUT2D eigenvalue weighted by Crippen LogP contribution is 2.24. The van der Waals surface area contributed by atoms with Crippen molar-refractivity contribution in [1.29, 1.82) is 0 Å². The fourth-order valence-electron chi connectivity index (χ4n) is 2.96. The Balaban J connectivity index is 1.50. The number of nitrogens with zero attached hydrogens (tertiary/aromatic N) is 1. The third kappa shape index (κ3) is 6.85. The van der Waals surface area contributed by atoms with E-state index < -0.39 is 10.0 Å². The second-order valence-corrected chi connectivity index (χ2v) is 10.4. The van der Waals surface area contributed by atoms with Crippen molar-refractivity contribution in [1.82, 2.24) is 4.31 Å². The number of anilines is 1. The average molecular weight is 485 g/mol. The zero-order valence-electron chi connectivity index (χ0n) is 17.2. The summed E-state index contributed by atoms with van der Waals surface area (Å²) in [6, 6.07) is 11.9. The minimum Gasteiger partial charge on any atom is -0.493 e. The van der Waals surface area contributed by atoms with E-state index in [0.717, 1.165) is 5.56 Å². The third-order valence-corrected chi connectivity index (χ3v) is 7.67. The minimum absolute atomic E-state index is 0.165. The van der Waals surface area contributed by atoms with Crippen molar-refractivity contribution < 1.29 is 22.7 Å². The first-order valence-electron chi connectivity index (χ1n) is 9.81. The summed E-state index contributed by atoms with van der Waals surface area (Å²) in [6.07, 6.45) is 0. The fourth-order valence-corrected chi connectivity index (χ4v) is 5.18. The van der Waals surface area contributed by atoms with Crippen LogP contribution in [0.1, 0.15) is 5.56 Å². The van der Waals surface area contributed by atoms with Crippen molar-refractivity contribution in [2.75, 3.05) is 49.7 Å². The number of hydrogen-bond donors (Lipinski definition) is 1. The Bertz CT molecular complexity index is 1010. The molecule has 0 saturated carbocycles. The van der Waals surface area contributed by atoms with Gasteiger partial charge in [0.1, 0.15) is 5.75 Å². The van der Waals surface area contributed by atoms with Crippen molar-refractivity contribution in [3.05, 3.63) is 53.1 Å². The number of sulfonamides is 1. The number of hydrogen-bond acceptors (Lipinski definition) is 6. The highest BCUT2D eigenvalue weighted by molar-refractivity contribution is 7.99. The van der Waals surface area contributed by atoms with E-state index in [4.69, 9.17) is 21.1 Å². The lowest BCUT2D eigenvalue weighted by atomic mass is 10.2. The summed E-state index contributed by atoms with van der Waals surface area (Å²) in [5.41, 5.74) is 1.29. The summed E-state index contributed by atoms with van der Waals surface area (Å²) in [4.78, 5) is 12.5. The Labute approximate surface area is 192 Å². The predicted molar refractivity (Wildman–Crippen MR) is 124 cm³/mol. The van der Waals surface area contributed by atoms with Crippen LogP contribution < -0.4 is 10.1 Å². The van der Waals surface area contributed by atoms with Gasteiger partial charge in [0.05, 0.1) is 30.5 Å². The highest BCUT2D eigenvalue weighted by Gasteiger charge is 2.26. The first-order chi connectivity index (χ1) is 14.9. The van der Waals surface area contributed by atoms with Crippen LogP contribution in [0.3, 0.4) is 0 Å². The molecule has 10 heteroatoms. The number of thioether (sulfide) groups is 1. The summed E-state index contributed by atoms with van der Waals surface area (Å²) in [6.45, 7) is 3.69. The highest BCUT2D eigenvalue weighted by atomic mass is 35.5. The molecule has 0 aliphatic carbocycles. The molecule has 1 aliphatic heterocycles. The zero-order valence-corrected chi connectivity index (χ0v) is 19.6. The molecule has 1 heterocycles. The van der Waals surface area contributed by atoms with E-state index in [1.54, 1.807) is 24.3 Å². The number of carbonyl (C=O) groups excluding carboxylic acids is 1. The topological polar surface area (TPSA) is 84.9 Å². The van der Waals surface area contributed by atoms with E-state index in [-0.39, 0.29) is 16.6 Å². The van der Waals surface area contributed by atoms with Crippen molar-refractivity contribution >= 4 is 45.0 Å². The number of amides is 1. The molecule has 0 atom stereocenters. The Hall–Kier alpha value is -1.78. The van der Waals surface area contributed by atoms with Gasteiger partial charge in [-0.1, -0.05) is 23.7 Å². The average Bonchev–Trinajstić information content (AvgIpc) is 2.75. The molecule has 1 aliphatic rings. The Kier molecular flexibility index (Phi) is 8.62. The first-order valence-corrected chi connectivity index (χ1v) is 12.8. The smallest absolute Gasteiger partial charge is 0.243 e. The lowest BCUT2D eigenvalue weighted by Crippen LogP contribution is -2.40. The van der Waals surface area contributed by atoms with Crippen molar-refractivity contribution in [3.63, 3.8) is 0 Å². The van der Waals surface area contributed by atoms with E-state index >= 15 is 0 Å². The maximum atomic E-state index is 12.8. The van der Waals surface area contributed by atoms with Crippen molar-refractivity contribution in [3.8, 4) is 5.75 Å². The second-order valence-electron chi connectivity index (χ2n) is 6.90. The second kappa shape index (κ2) is 11.2. The molecule has 168 valence electrons. The van der Waals surface area contributed by atoms with Crippen molar-refractivity contribution in [2.45, 2.75) is 11.8 Å². The maximum absolute atomic E-state index is 12.8. The Morgan fingerprint density at radius 2 is 2.00 bits per heavy atom. The van der Waals surface area contributed by atoms with Gasteiger partial charge >= 0.3 is 0 Å². The number of nitrogens with one attached hydrogen (secondary N) is 1. The summed E-state index contributed by atoms with van der Waals surface area (Å²) in [5, 5.41) is 3.43. The Morgan fingerprint density at radius 3 is 2.74 bits per heavy atom. The van der Waals surface area contributed by atoms with Gasteiger partial charge in [-0.25, -0.2) is 8.42 Å². The van der Waals surface area contributed by atoms with Gasteiger partial charge in [0, 0.05) is 29.6 Å². The molecule has 1 N–H and O–H groups in total. The van der Waals surface area contributed by atoms with Gasteiger partial charge in [0.25, 0.3) is 0 Å². The molecule has 0 aromatic heterocycles. The van der Waals surface area contributed by atoms with Crippen molar-refractivity contribution in [2.24, 2.45) is 0 Å². The Morgan fingerprint density at radius 1 is 1.23 bits per heavy atom. The molecule has 31 heavy (non-hydrogen) atoms. The van der Waals surface area contributed by atoms with Crippen LogP contribution in [0.4, 0.5) is 5.69 Å². The molecule has 2 aromatic carbocycles. The van der Waals surface area contributed by atoms with Gasteiger partial charge in [-0.3, -0.25) is 4.79 Å². The molecule has 1 saturated heterocycles. The molecule has 2 aromatic rings. The van der Waals surface area contributed by atoms with E-state index in [1.165, 1.54) is 22.1 Å². The molecule has 7 nitrogen and oxygen atoms in total. The van der Waals surface area contributed by atoms with Gasteiger partial charge in [-0.05, 0) is 42.8 Å². The lowest BCUT2D eigenvalue weighted by molar-refractivity contribution is -0.113. The molecule has 1 fully saturated rings. The largest absolute Gasteiger partial charge is 0.493 e. The number of rotatable bonds is 9.